The summed E-state index contributed by atoms with van der Waals surface area (Å²) in [6.45, 7) is 2.96. The number of benzene rings is 1. The Hall–Kier alpha value is -2.61. The summed E-state index contributed by atoms with van der Waals surface area (Å²) < 4.78 is 21.1. The van der Waals surface area contributed by atoms with Crippen LogP contribution in [0.25, 0.3) is 5.57 Å². The number of methoxy groups -OCH3 is 1. The first kappa shape index (κ1) is 16.8. The van der Waals surface area contributed by atoms with Crippen molar-refractivity contribution in [3.63, 3.8) is 0 Å². The van der Waals surface area contributed by atoms with E-state index < -0.39 is 17.1 Å². The average molecular weight is 315 g/mol. The molecular weight excluding hydrogens is 297 g/mol. The molecule has 1 aromatic rings. The van der Waals surface area contributed by atoms with Crippen LogP contribution in [0.3, 0.4) is 0 Å². The first-order valence-electron chi connectivity index (χ1n) is 7.14. The number of alkyl halides is 1. The lowest BCUT2D eigenvalue weighted by molar-refractivity contribution is -0.133. The normalized spacial score (nSPS) is 21.0. The Balaban J connectivity index is 2.64. The summed E-state index contributed by atoms with van der Waals surface area (Å²) in [5.41, 5.74) is -2.71. The highest BCUT2D eigenvalue weighted by atomic mass is 19.1. The number of aliphatic carboxylic acids is 1. The van der Waals surface area contributed by atoms with Crippen LogP contribution >= 0.6 is 0 Å². The van der Waals surface area contributed by atoms with E-state index in [1.54, 1.807) is 24.3 Å². The Morgan fingerprint density at radius 2 is 2.13 bits per heavy atom. The van der Waals surface area contributed by atoms with Crippen LogP contribution in [-0.4, -0.2) is 23.9 Å². The lowest BCUT2D eigenvalue weighted by Crippen LogP contribution is -2.43. The van der Waals surface area contributed by atoms with Gasteiger partial charge in [-0.3, -0.25) is 0 Å². The molecule has 1 aromatic carbocycles. The molecule has 0 fully saturated rings. The molecule has 0 aromatic heterocycles. The molecule has 1 N–H and O–H groups in total. The van der Waals surface area contributed by atoms with E-state index in [1.165, 1.54) is 33.1 Å². The minimum absolute atomic E-state index is 0.0533. The zero-order valence-corrected chi connectivity index (χ0v) is 13.3. The van der Waals surface area contributed by atoms with Gasteiger partial charge in [-0.25, -0.2) is 9.18 Å². The minimum Gasteiger partial charge on any atom is -0.497 e. The van der Waals surface area contributed by atoms with Gasteiger partial charge in [-0.15, -0.1) is 0 Å². The summed E-state index contributed by atoms with van der Waals surface area (Å²) in [5.74, 6) is -0.616. The molecule has 0 saturated carbocycles. The fourth-order valence-corrected chi connectivity index (χ4v) is 2.64. The predicted molar refractivity (Wildman–Crippen MR) is 84.5 cm³/mol. The van der Waals surface area contributed by atoms with Crippen LogP contribution in [0.2, 0.25) is 0 Å². The Labute approximate surface area is 134 Å². The Morgan fingerprint density at radius 1 is 1.43 bits per heavy atom. The smallest absolute Gasteiger partial charge is 0.331 e. The van der Waals surface area contributed by atoms with Gasteiger partial charge >= 0.3 is 5.97 Å². The predicted octanol–water partition coefficient (Wildman–Crippen LogP) is 3.75. The molecule has 0 saturated heterocycles. The van der Waals surface area contributed by atoms with Gasteiger partial charge in [-0.1, -0.05) is 24.3 Å². The Bertz CT molecular complexity index is 743. The maximum Gasteiger partial charge on any atom is 0.331 e. The summed E-state index contributed by atoms with van der Waals surface area (Å²) in [4.78, 5) is 11.2. The van der Waals surface area contributed by atoms with Gasteiger partial charge < -0.3 is 9.84 Å². The number of carboxylic acid groups (broad SMARTS) is 1. The van der Waals surface area contributed by atoms with Crippen molar-refractivity contribution in [3.8, 4) is 11.8 Å². The minimum atomic E-state index is -2.11. The van der Waals surface area contributed by atoms with Gasteiger partial charge in [0.25, 0.3) is 0 Å². The molecule has 0 spiro atoms. The fraction of sp³-hybridized carbons (Fsp3) is 0.333. The third-order valence-corrected chi connectivity index (χ3v) is 4.24. The van der Waals surface area contributed by atoms with E-state index in [9.17, 15) is 15.2 Å². The summed E-state index contributed by atoms with van der Waals surface area (Å²) >= 11 is 0. The number of carboxylic acids is 1. The van der Waals surface area contributed by atoms with E-state index in [-0.39, 0.29) is 17.6 Å². The molecule has 1 atom stereocenters. The van der Waals surface area contributed by atoms with Gasteiger partial charge in [0.05, 0.1) is 18.6 Å². The molecule has 23 heavy (non-hydrogen) atoms. The van der Waals surface area contributed by atoms with Crippen molar-refractivity contribution in [3.05, 3.63) is 47.6 Å². The molecule has 0 amide bonds. The second-order valence-corrected chi connectivity index (χ2v) is 6.02. The number of nitriles is 1. The van der Waals surface area contributed by atoms with Gasteiger partial charge in [-0.05, 0) is 37.1 Å². The van der Waals surface area contributed by atoms with Crippen LogP contribution in [0.15, 0.2) is 42.0 Å². The quantitative estimate of drug-likeness (QED) is 0.918. The number of halogens is 1. The molecule has 1 aliphatic carbocycles. The maximum absolute atomic E-state index is 15.9. The number of hydrogen-bond acceptors (Lipinski definition) is 3. The number of rotatable bonds is 4. The first-order chi connectivity index (χ1) is 10.7. The molecule has 1 aliphatic rings. The van der Waals surface area contributed by atoms with Crippen molar-refractivity contribution >= 4 is 11.5 Å². The molecule has 4 nitrogen and oxygen atoms in total. The third kappa shape index (κ3) is 2.85. The molecular formula is C18H18FNO3. The number of carbonyl (C=O) groups is 1. The van der Waals surface area contributed by atoms with Gasteiger partial charge in [0.15, 0.2) is 5.67 Å². The average Bonchev–Trinajstić information content (AvgIpc) is 2.54. The summed E-state index contributed by atoms with van der Waals surface area (Å²) in [5, 5.41) is 18.6. The largest absolute Gasteiger partial charge is 0.497 e. The van der Waals surface area contributed by atoms with Crippen LogP contribution in [-0.2, 0) is 4.79 Å². The lowest BCUT2D eigenvalue weighted by Gasteiger charge is -2.39. The highest BCUT2D eigenvalue weighted by Gasteiger charge is 2.51. The fourth-order valence-electron chi connectivity index (χ4n) is 2.64. The topological polar surface area (TPSA) is 70.3 Å². The Morgan fingerprint density at radius 3 is 2.70 bits per heavy atom. The molecule has 0 aliphatic heterocycles. The van der Waals surface area contributed by atoms with Gasteiger partial charge in [0.2, 0.25) is 0 Å². The van der Waals surface area contributed by atoms with E-state index >= 15 is 4.39 Å². The van der Waals surface area contributed by atoms with Crippen molar-refractivity contribution in [2.45, 2.75) is 25.9 Å². The van der Waals surface area contributed by atoms with Crippen LogP contribution in [0.4, 0.5) is 4.39 Å². The summed E-state index contributed by atoms with van der Waals surface area (Å²) in [6, 6.07) is 8.83. The first-order valence-corrected chi connectivity index (χ1v) is 7.14. The van der Waals surface area contributed by atoms with E-state index in [0.29, 0.717) is 11.3 Å². The zero-order valence-electron chi connectivity index (χ0n) is 13.3. The van der Waals surface area contributed by atoms with E-state index in [4.69, 9.17) is 4.74 Å². The number of nitrogens with zero attached hydrogens (tertiary/aromatic N) is 1. The molecule has 0 heterocycles. The molecule has 1 unspecified atom stereocenters. The molecule has 0 radical (unpaired) electrons. The van der Waals surface area contributed by atoms with Crippen molar-refractivity contribution in [2.24, 2.45) is 5.41 Å². The standard InChI is InChI=1S/C18H18FNO3/c1-17(2,11-20)18(19)10-13(16(21)22)7-8-15(18)12-5-4-6-14(9-12)23-3/h4-9H,10H2,1-3H3,(H,21,22). The summed E-state index contributed by atoms with van der Waals surface area (Å²) in [7, 11) is 1.51. The van der Waals surface area contributed by atoms with E-state index in [0.717, 1.165) is 0 Å². The van der Waals surface area contributed by atoms with E-state index in [1.807, 2.05) is 6.07 Å². The molecule has 120 valence electrons. The number of ether oxygens (including phenoxy) is 1. The van der Waals surface area contributed by atoms with Gasteiger partial charge in [0, 0.05) is 12.0 Å². The second kappa shape index (κ2) is 5.88. The number of hydrogen-bond donors (Lipinski definition) is 1. The van der Waals surface area contributed by atoms with Crippen molar-refractivity contribution in [2.75, 3.05) is 7.11 Å². The SMILES string of the molecule is COc1cccc(C2=CC=C(C(=O)O)CC2(F)C(C)(C)C#N)c1. The molecule has 2 rings (SSSR count). The Kier molecular flexibility index (Phi) is 4.28. The van der Waals surface area contributed by atoms with Crippen LogP contribution in [0, 0.1) is 16.7 Å². The van der Waals surface area contributed by atoms with Crippen molar-refractivity contribution in [1.29, 1.82) is 5.26 Å². The number of allylic oxidation sites excluding steroid dienone is 3. The molecule has 0 bridgehead atoms. The van der Waals surface area contributed by atoms with Crippen LogP contribution in [0.5, 0.6) is 5.75 Å². The van der Waals surface area contributed by atoms with Crippen LogP contribution in [0.1, 0.15) is 25.8 Å². The highest BCUT2D eigenvalue weighted by Crippen LogP contribution is 2.50. The zero-order chi connectivity index (χ0) is 17.3. The van der Waals surface area contributed by atoms with Crippen LogP contribution < -0.4 is 4.74 Å². The third-order valence-electron chi connectivity index (χ3n) is 4.24. The van der Waals surface area contributed by atoms with Crippen molar-refractivity contribution < 1.29 is 19.0 Å². The van der Waals surface area contributed by atoms with Crippen molar-refractivity contribution in [1.82, 2.24) is 0 Å². The lowest BCUT2D eigenvalue weighted by atomic mass is 9.66. The monoisotopic (exact) mass is 315 g/mol. The highest BCUT2D eigenvalue weighted by molar-refractivity contribution is 5.91. The second-order valence-electron chi connectivity index (χ2n) is 6.02. The van der Waals surface area contributed by atoms with Gasteiger partial charge in [0.1, 0.15) is 5.75 Å². The van der Waals surface area contributed by atoms with E-state index in [2.05, 4.69) is 0 Å². The molecule has 5 heteroatoms. The maximum atomic E-state index is 15.9. The summed E-state index contributed by atoms with van der Waals surface area (Å²) in [6.07, 6.45) is 2.48. The van der Waals surface area contributed by atoms with Gasteiger partial charge in [-0.2, -0.15) is 5.26 Å².